The van der Waals surface area contributed by atoms with E-state index in [4.69, 9.17) is 11.6 Å². The monoisotopic (exact) mass is 272 g/mol. The number of rotatable bonds is 3. The number of phenolic OH excluding ortho intramolecular Hbond substituents is 1. The lowest BCUT2D eigenvalue weighted by molar-refractivity contribution is 0.166. The number of aromatic hydroxyl groups is 1. The lowest BCUT2D eigenvalue weighted by Gasteiger charge is -2.35. The maximum atomic E-state index is 13.5. The normalized spacial score (nSPS) is 18.8. The predicted molar refractivity (Wildman–Crippen MR) is 70.5 cm³/mol. The van der Waals surface area contributed by atoms with Crippen LogP contribution in [0, 0.1) is 5.82 Å². The molecule has 3 nitrogen and oxygen atoms in total. The minimum absolute atomic E-state index is 0.0321. The number of nitrogens with one attached hydrogen (secondary N) is 1. The first-order chi connectivity index (χ1) is 8.65. The van der Waals surface area contributed by atoms with Crippen molar-refractivity contribution in [2.75, 3.05) is 26.2 Å². The summed E-state index contributed by atoms with van der Waals surface area (Å²) >= 11 is 6.13. The molecule has 1 aromatic rings. The first-order valence-corrected chi connectivity index (χ1v) is 6.64. The van der Waals surface area contributed by atoms with E-state index in [1.54, 1.807) is 0 Å². The minimum atomic E-state index is -0.608. The molecule has 0 spiro atoms. The van der Waals surface area contributed by atoms with Gasteiger partial charge < -0.3 is 10.4 Å². The molecule has 1 heterocycles. The largest absolute Gasteiger partial charge is 0.505 e. The summed E-state index contributed by atoms with van der Waals surface area (Å²) in [5, 5.41) is 13.6. The Kier molecular flexibility index (Phi) is 4.43. The Morgan fingerprint density at radius 1 is 1.44 bits per heavy atom. The number of piperazine rings is 1. The van der Waals surface area contributed by atoms with Gasteiger partial charge in [-0.25, -0.2) is 4.39 Å². The molecule has 0 aliphatic carbocycles. The van der Waals surface area contributed by atoms with E-state index in [0.29, 0.717) is 10.6 Å². The Bertz CT molecular complexity index is 422. The maximum absolute atomic E-state index is 13.5. The zero-order valence-corrected chi connectivity index (χ0v) is 11.2. The molecule has 1 aliphatic rings. The van der Waals surface area contributed by atoms with Crippen molar-refractivity contribution in [1.29, 1.82) is 0 Å². The third-order valence-electron chi connectivity index (χ3n) is 3.43. The van der Waals surface area contributed by atoms with Crippen molar-refractivity contribution in [2.45, 2.75) is 19.4 Å². The molecule has 1 atom stereocenters. The van der Waals surface area contributed by atoms with E-state index < -0.39 is 5.82 Å². The van der Waals surface area contributed by atoms with Crippen LogP contribution >= 0.6 is 11.6 Å². The summed E-state index contributed by atoms with van der Waals surface area (Å²) in [5.41, 5.74) is 0.515. The molecule has 0 radical (unpaired) electrons. The fraction of sp³-hybridized carbons (Fsp3) is 0.538. The van der Waals surface area contributed by atoms with Crippen LogP contribution in [0.15, 0.2) is 12.1 Å². The molecule has 0 aromatic heterocycles. The van der Waals surface area contributed by atoms with E-state index in [1.807, 2.05) is 6.92 Å². The number of halogens is 2. The van der Waals surface area contributed by atoms with Crippen molar-refractivity contribution < 1.29 is 9.50 Å². The average Bonchev–Trinajstić information content (AvgIpc) is 2.40. The molecule has 0 unspecified atom stereocenters. The molecule has 0 bridgehead atoms. The number of hydrogen-bond donors (Lipinski definition) is 2. The van der Waals surface area contributed by atoms with Crippen molar-refractivity contribution in [1.82, 2.24) is 10.2 Å². The fourth-order valence-corrected chi connectivity index (χ4v) is 2.79. The SMILES string of the molecule is CC[C@H](c1c(Cl)ccc(F)c1O)N1CCNCC1. The van der Waals surface area contributed by atoms with Crippen LogP contribution in [-0.2, 0) is 0 Å². The minimum Gasteiger partial charge on any atom is -0.505 e. The summed E-state index contributed by atoms with van der Waals surface area (Å²) in [6.07, 6.45) is 0.788. The van der Waals surface area contributed by atoms with Crippen molar-refractivity contribution in [3.63, 3.8) is 0 Å². The summed E-state index contributed by atoms with van der Waals surface area (Å²) in [4.78, 5) is 2.23. The van der Waals surface area contributed by atoms with Crippen LogP contribution < -0.4 is 5.32 Å². The Hall–Kier alpha value is -0.840. The Labute approximate surface area is 112 Å². The van der Waals surface area contributed by atoms with Crippen LogP contribution in [-0.4, -0.2) is 36.2 Å². The van der Waals surface area contributed by atoms with Gasteiger partial charge in [0, 0.05) is 42.8 Å². The van der Waals surface area contributed by atoms with Gasteiger partial charge in [-0.2, -0.15) is 0 Å². The second kappa shape index (κ2) is 5.87. The number of nitrogens with zero attached hydrogens (tertiary/aromatic N) is 1. The van der Waals surface area contributed by atoms with Gasteiger partial charge in [-0.3, -0.25) is 4.90 Å². The predicted octanol–water partition coefficient (Wildman–Crippen LogP) is 2.54. The standard InChI is InChI=1S/C13H18ClFN2O/c1-2-11(17-7-5-16-6-8-17)12-9(14)3-4-10(15)13(12)18/h3-4,11,16,18H,2,5-8H2,1H3/t11-/m1/s1. The maximum Gasteiger partial charge on any atom is 0.165 e. The van der Waals surface area contributed by atoms with Gasteiger partial charge in [0.25, 0.3) is 0 Å². The fourth-order valence-electron chi connectivity index (χ4n) is 2.51. The van der Waals surface area contributed by atoms with E-state index in [1.165, 1.54) is 12.1 Å². The lowest BCUT2D eigenvalue weighted by atomic mass is 10.0. The van der Waals surface area contributed by atoms with Gasteiger partial charge in [0.05, 0.1) is 0 Å². The quantitative estimate of drug-likeness (QED) is 0.888. The molecule has 1 aromatic carbocycles. The first-order valence-electron chi connectivity index (χ1n) is 6.26. The third kappa shape index (κ3) is 2.60. The van der Waals surface area contributed by atoms with Crippen LogP contribution in [0.3, 0.4) is 0 Å². The molecule has 100 valence electrons. The molecule has 2 rings (SSSR count). The highest BCUT2D eigenvalue weighted by atomic mass is 35.5. The van der Waals surface area contributed by atoms with Crippen molar-refractivity contribution in [3.05, 3.63) is 28.5 Å². The molecular weight excluding hydrogens is 255 g/mol. The van der Waals surface area contributed by atoms with E-state index in [0.717, 1.165) is 32.6 Å². The van der Waals surface area contributed by atoms with E-state index in [9.17, 15) is 9.50 Å². The molecule has 0 saturated carbocycles. The van der Waals surface area contributed by atoms with Crippen LogP contribution in [0.5, 0.6) is 5.75 Å². The Morgan fingerprint density at radius 3 is 2.72 bits per heavy atom. The molecular formula is C13H18ClFN2O. The van der Waals surface area contributed by atoms with Gasteiger partial charge in [0.2, 0.25) is 0 Å². The second-order valence-corrected chi connectivity index (χ2v) is 4.91. The molecule has 1 fully saturated rings. The first kappa shape index (κ1) is 13.6. The van der Waals surface area contributed by atoms with Gasteiger partial charge >= 0.3 is 0 Å². The number of hydrogen-bond acceptors (Lipinski definition) is 3. The van der Waals surface area contributed by atoms with Crippen LogP contribution in [0.25, 0.3) is 0 Å². The van der Waals surface area contributed by atoms with Crippen molar-refractivity contribution in [3.8, 4) is 5.75 Å². The van der Waals surface area contributed by atoms with E-state index >= 15 is 0 Å². The third-order valence-corrected chi connectivity index (χ3v) is 3.76. The summed E-state index contributed by atoms with van der Waals surface area (Å²) < 4.78 is 13.5. The summed E-state index contributed by atoms with van der Waals surface area (Å²) in [6, 6.07) is 2.68. The zero-order chi connectivity index (χ0) is 13.1. The van der Waals surface area contributed by atoms with Crippen LogP contribution in [0.2, 0.25) is 5.02 Å². The van der Waals surface area contributed by atoms with Gasteiger partial charge in [0.1, 0.15) is 0 Å². The number of phenols is 1. The van der Waals surface area contributed by atoms with Crippen molar-refractivity contribution in [2.24, 2.45) is 0 Å². The summed E-state index contributed by atoms with van der Waals surface area (Å²) in [6.45, 7) is 5.59. The Balaban J connectivity index is 2.34. The average molecular weight is 273 g/mol. The van der Waals surface area contributed by atoms with E-state index in [2.05, 4.69) is 10.2 Å². The molecule has 5 heteroatoms. The van der Waals surface area contributed by atoms with Gasteiger partial charge in [-0.15, -0.1) is 0 Å². The van der Waals surface area contributed by atoms with Crippen molar-refractivity contribution >= 4 is 11.6 Å². The van der Waals surface area contributed by atoms with Crippen LogP contribution in [0.4, 0.5) is 4.39 Å². The zero-order valence-electron chi connectivity index (χ0n) is 10.4. The molecule has 1 aliphatic heterocycles. The van der Waals surface area contributed by atoms with E-state index in [-0.39, 0.29) is 11.8 Å². The van der Waals surface area contributed by atoms with Gasteiger partial charge in [-0.1, -0.05) is 18.5 Å². The second-order valence-electron chi connectivity index (χ2n) is 4.50. The number of benzene rings is 1. The molecule has 1 saturated heterocycles. The molecule has 18 heavy (non-hydrogen) atoms. The van der Waals surface area contributed by atoms with Crippen LogP contribution in [0.1, 0.15) is 24.9 Å². The topological polar surface area (TPSA) is 35.5 Å². The van der Waals surface area contributed by atoms with Gasteiger partial charge in [0.15, 0.2) is 11.6 Å². The Morgan fingerprint density at radius 2 is 2.11 bits per heavy atom. The lowest BCUT2D eigenvalue weighted by Crippen LogP contribution is -2.45. The molecule has 0 amide bonds. The molecule has 2 N–H and O–H groups in total. The smallest absolute Gasteiger partial charge is 0.165 e. The van der Waals surface area contributed by atoms with Gasteiger partial charge in [-0.05, 0) is 18.6 Å². The summed E-state index contributed by atoms with van der Waals surface area (Å²) in [7, 11) is 0. The highest BCUT2D eigenvalue weighted by Gasteiger charge is 2.26. The highest BCUT2D eigenvalue weighted by molar-refractivity contribution is 6.31. The highest BCUT2D eigenvalue weighted by Crippen LogP contribution is 2.38. The summed E-state index contributed by atoms with van der Waals surface area (Å²) in [5.74, 6) is -0.920.